The van der Waals surface area contributed by atoms with Crippen LogP contribution < -0.4 is 5.56 Å². The van der Waals surface area contributed by atoms with Crippen LogP contribution in [0.15, 0.2) is 107 Å². The zero-order valence-corrected chi connectivity index (χ0v) is 17.1. The molecule has 154 valence electrons. The second-order valence-electron chi connectivity index (χ2n) is 7.60. The van der Waals surface area contributed by atoms with E-state index in [1.807, 2.05) is 95.8 Å². The Morgan fingerprint density at radius 2 is 1.56 bits per heavy atom. The zero-order chi connectivity index (χ0) is 21.5. The van der Waals surface area contributed by atoms with Crippen LogP contribution in [0.1, 0.15) is 5.56 Å². The molecule has 0 atom stereocenters. The lowest BCUT2D eigenvalue weighted by molar-refractivity contribution is 0.643. The van der Waals surface area contributed by atoms with Crippen LogP contribution in [0.25, 0.3) is 39.0 Å². The minimum atomic E-state index is -0.210. The van der Waals surface area contributed by atoms with Crippen LogP contribution in [0.2, 0.25) is 0 Å². The molecule has 0 aliphatic carbocycles. The molecule has 0 aliphatic rings. The van der Waals surface area contributed by atoms with Gasteiger partial charge in [-0.15, -0.1) is 0 Å². The molecule has 0 bridgehead atoms. The first-order chi connectivity index (χ1) is 15.8. The Morgan fingerprint density at radius 1 is 0.844 bits per heavy atom. The molecule has 0 fully saturated rings. The van der Waals surface area contributed by atoms with E-state index in [1.54, 1.807) is 10.9 Å². The molecule has 6 aromatic rings. The molecule has 0 spiro atoms. The van der Waals surface area contributed by atoms with Crippen LogP contribution in [-0.2, 0) is 6.54 Å². The molecule has 3 heterocycles. The average molecular weight is 418 g/mol. The molecule has 0 radical (unpaired) electrons. The minimum Gasteiger partial charge on any atom is -0.448 e. The number of nitrogens with zero attached hydrogens (tertiary/aromatic N) is 4. The lowest BCUT2D eigenvalue weighted by atomic mass is 10.1. The van der Waals surface area contributed by atoms with Gasteiger partial charge in [-0.25, -0.2) is 9.67 Å². The number of hydrogen-bond donors (Lipinski definition) is 0. The Bertz CT molecular complexity index is 1610. The van der Waals surface area contributed by atoms with E-state index in [2.05, 4.69) is 4.98 Å². The first-order valence-corrected chi connectivity index (χ1v) is 10.3. The van der Waals surface area contributed by atoms with Crippen molar-refractivity contribution in [2.45, 2.75) is 6.54 Å². The fourth-order valence-corrected chi connectivity index (χ4v) is 3.99. The topological polar surface area (TPSA) is 65.8 Å². The van der Waals surface area contributed by atoms with Gasteiger partial charge in [0.25, 0.3) is 5.56 Å². The molecule has 0 amide bonds. The molecular weight excluding hydrogens is 400 g/mol. The highest BCUT2D eigenvalue weighted by Crippen LogP contribution is 2.26. The van der Waals surface area contributed by atoms with E-state index in [9.17, 15) is 4.79 Å². The first kappa shape index (κ1) is 18.3. The van der Waals surface area contributed by atoms with Gasteiger partial charge in [-0.2, -0.15) is 5.10 Å². The molecule has 0 unspecified atom stereocenters. The van der Waals surface area contributed by atoms with Gasteiger partial charge in [0.1, 0.15) is 11.1 Å². The summed E-state index contributed by atoms with van der Waals surface area (Å²) in [5, 5.41) is 5.67. The van der Waals surface area contributed by atoms with Crippen molar-refractivity contribution in [1.29, 1.82) is 0 Å². The van der Waals surface area contributed by atoms with Crippen molar-refractivity contribution in [2.24, 2.45) is 0 Å². The maximum Gasteiger partial charge on any atom is 0.297 e. The van der Waals surface area contributed by atoms with Gasteiger partial charge in [0.2, 0.25) is 5.58 Å². The second-order valence-corrected chi connectivity index (χ2v) is 7.60. The van der Waals surface area contributed by atoms with E-state index < -0.39 is 0 Å². The van der Waals surface area contributed by atoms with Gasteiger partial charge in [-0.1, -0.05) is 60.7 Å². The van der Waals surface area contributed by atoms with Gasteiger partial charge in [0.15, 0.2) is 0 Å². The van der Waals surface area contributed by atoms with Crippen molar-refractivity contribution < 1.29 is 4.42 Å². The smallest absolute Gasteiger partial charge is 0.297 e. The Labute approximate surface area is 183 Å². The maximum absolute atomic E-state index is 13.2. The molecule has 0 N–H and O–H groups in total. The number of fused-ring (bicyclic) bond motifs is 3. The largest absolute Gasteiger partial charge is 0.448 e. The maximum atomic E-state index is 13.2. The highest BCUT2D eigenvalue weighted by Gasteiger charge is 2.17. The third kappa shape index (κ3) is 3.01. The van der Waals surface area contributed by atoms with Gasteiger partial charge in [0, 0.05) is 22.7 Å². The summed E-state index contributed by atoms with van der Waals surface area (Å²) in [6.07, 6.45) is 3.55. The van der Waals surface area contributed by atoms with Crippen LogP contribution in [-0.4, -0.2) is 19.3 Å². The Morgan fingerprint density at radius 3 is 2.38 bits per heavy atom. The molecule has 0 saturated carbocycles. The highest BCUT2D eigenvalue weighted by molar-refractivity contribution is 6.01. The van der Waals surface area contributed by atoms with Gasteiger partial charge in [-0.05, 0) is 24.3 Å². The monoisotopic (exact) mass is 418 g/mol. The van der Waals surface area contributed by atoms with E-state index >= 15 is 0 Å². The van der Waals surface area contributed by atoms with Crippen molar-refractivity contribution in [3.8, 4) is 16.9 Å². The number of rotatable bonds is 4. The molecule has 6 heteroatoms. The third-order valence-electron chi connectivity index (χ3n) is 5.55. The van der Waals surface area contributed by atoms with Gasteiger partial charge in [-0.3, -0.25) is 9.36 Å². The minimum absolute atomic E-state index is 0.210. The van der Waals surface area contributed by atoms with E-state index in [4.69, 9.17) is 9.52 Å². The van der Waals surface area contributed by atoms with Crippen molar-refractivity contribution in [3.63, 3.8) is 0 Å². The van der Waals surface area contributed by atoms with E-state index in [1.165, 1.54) is 0 Å². The van der Waals surface area contributed by atoms with Gasteiger partial charge in [0.05, 0.1) is 24.3 Å². The molecule has 0 saturated heterocycles. The third-order valence-corrected chi connectivity index (χ3v) is 5.55. The summed E-state index contributed by atoms with van der Waals surface area (Å²) in [6.45, 7) is 0.329. The quantitative estimate of drug-likeness (QED) is 0.402. The van der Waals surface area contributed by atoms with Gasteiger partial charge >= 0.3 is 0 Å². The summed E-state index contributed by atoms with van der Waals surface area (Å²) in [5.74, 6) is 0. The second kappa shape index (κ2) is 7.35. The molecular formula is C26H18N4O2. The summed E-state index contributed by atoms with van der Waals surface area (Å²) in [5.41, 5.74) is 4.99. The Kier molecular flexibility index (Phi) is 4.21. The van der Waals surface area contributed by atoms with Crippen LogP contribution in [0.3, 0.4) is 0 Å². The van der Waals surface area contributed by atoms with Crippen LogP contribution >= 0.6 is 0 Å². The Balaban J connectivity index is 1.49. The normalized spacial score (nSPS) is 11.4. The average Bonchev–Trinajstić information content (AvgIpc) is 3.44. The number of aromatic nitrogens is 4. The molecule has 6 nitrogen and oxygen atoms in total. The molecule has 32 heavy (non-hydrogen) atoms. The van der Waals surface area contributed by atoms with Crippen molar-refractivity contribution in [1.82, 2.24) is 19.3 Å². The summed E-state index contributed by atoms with van der Waals surface area (Å²) in [6, 6.07) is 27.4. The predicted molar refractivity (Wildman–Crippen MR) is 124 cm³/mol. The summed E-state index contributed by atoms with van der Waals surface area (Å²) < 4.78 is 9.25. The van der Waals surface area contributed by atoms with E-state index in [0.717, 1.165) is 27.9 Å². The molecule has 0 aliphatic heterocycles. The summed E-state index contributed by atoms with van der Waals surface area (Å²) >= 11 is 0. The van der Waals surface area contributed by atoms with Crippen molar-refractivity contribution in [2.75, 3.05) is 0 Å². The predicted octanol–water partition coefficient (Wildman–Crippen LogP) is 5.04. The van der Waals surface area contributed by atoms with Crippen LogP contribution in [0.4, 0.5) is 0 Å². The van der Waals surface area contributed by atoms with Crippen LogP contribution in [0.5, 0.6) is 0 Å². The fraction of sp³-hybridized carbons (Fsp3) is 0.0385. The van der Waals surface area contributed by atoms with Crippen molar-refractivity contribution in [3.05, 3.63) is 113 Å². The number of hydrogen-bond acceptors (Lipinski definition) is 4. The fourth-order valence-electron chi connectivity index (χ4n) is 3.99. The zero-order valence-electron chi connectivity index (χ0n) is 17.1. The lowest BCUT2D eigenvalue weighted by Gasteiger charge is -2.05. The Hall–Kier alpha value is -4.45. The highest BCUT2D eigenvalue weighted by atomic mass is 16.3. The van der Waals surface area contributed by atoms with E-state index in [-0.39, 0.29) is 11.1 Å². The molecule has 3 aromatic carbocycles. The van der Waals surface area contributed by atoms with E-state index in [0.29, 0.717) is 17.6 Å². The SMILES string of the molecule is O=c1c2oc3ccccc3c2ncn1Cc1cn(-c2ccccc2)nc1-c1ccccc1. The molecule has 6 rings (SSSR count). The number of para-hydroxylation sites is 2. The number of furan rings is 1. The number of benzene rings is 3. The first-order valence-electron chi connectivity index (χ1n) is 10.3. The van der Waals surface area contributed by atoms with Crippen LogP contribution in [0, 0.1) is 0 Å². The summed E-state index contributed by atoms with van der Waals surface area (Å²) in [4.78, 5) is 17.8. The summed E-state index contributed by atoms with van der Waals surface area (Å²) in [7, 11) is 0. The standard InChI is InChI=1S/C26H18N4O2/c31-26-25-24(21-13-7-8-14-22(21)32-25)27-17-29(26)15-19-16-30(20-11-5-2-6-12-20)28-23(19)18-9-3-1-4-10-18/h1-14,16-17H,15H2. The van der Waals surface area contributed by atoms with Gasteiger partial charge < -0.3 is 4.42 Å². The van der Waals surface area contributed by atoms with Crippen molar-refractivity contribution >= 4 is 22.1 Å². The molecule has 3 aromatic heterocycles. The lowest BCUT2D eigenvalue weighted by Crippen LogP contribution is -2.20.